The summed E-state index contributed by atoms with van der Waals surface area (Å²) in [7, 11) is 0. The molecule has 0 aromatic heterocycles. The summed E-state index contributed by atoms with van der Waals surface area (Å²) < 4.78 is 0. The van der Waals surface area contributed by atoms with Gasteiger partial charge in [-0.15, -0.1) is 0 Å². The minimum absolute atomic E-state index is 0.0135. The van der Waals surface area contributed by atoms with Gasteiger partial charge in [-0.05, 0) is 24.6 Å². The molecule has 0 aliphatic carbocycles. The molecule has 0 unspecified atom stereocenters. The molecule has 0 bridgehead atoms. The van der Waals surface area contributed by atoms with Crippen LogP contribution in [0.3, 0.4) is 0 Å². The van der Waals surface area contributed by atoms with Gasteiger partial charge in [-0.1, -0.05) is 0 Å². The lowest BCUT2D eigenvalue weighted by atomic mass is 9.99. The van der Waals surface area contributed by atoms with Gasteiger partial charge in [0.15, 0.2) is 6.29 Å². The highest BCUT2D eigenvalue weighted by atomic mass is 16.4. The van der Waals surface area contributed by atoms with Gasteiger partial charge in [-0.25, -0.2) is 4.79 Å². The van der Waals surface area contributed by atoms with Crippen molar-refractivity contribution in [1.82, 2.24) is 0 Å². The highest BCUT2D eigenvalue weighted by Crippen LogP contribution is 2.15. The second-order valence-electron chi connectivity index (χ2n) is 2.81. The van der Waals surface area contributed by atoms with E-state index in [-0.39, 0.29) is 16.7 Å². The number of rotatable bonds is 2. The molecule has 0 spiro atoms. The predicted octanol–water partition coefficient (Wildman–Crippen LogP) is 1.38. The molecule has 0 radical (unpaired) electrons. The van der Waals surface area contributed by atoms with Gasteiger partial charge >= 0.3 is 5.97 Å². The largest absolute Gasteiger partial charge is 0.478 e. The number of aldehydes is 1. The third kappa shape index (κ3) is 1.62. The van der Waals surface area contributed by atoms with E-state index in [2.05, 4.69) is 0 Å². The van der Waals surface area contributed by atoms with Crippen molar-refractivity contribution in [3.63, 3.8) is 0 Å². The third-order valence-corrected chi connectivity index (χ3v) is 1.77. The summed E-state index contributed by atoms with van der Waals surface area (Å²) in [5, 5.41) is 17.5. The summed E-state index contributed by atoms with van der Waals surface area (Å²) in [5.74, 6) is -1.26. The van der Waals surface area contributed by atoms with Crippen LogP contribution in [0.15, 0.2) is 12.1 Å². The topological polar surface area (TPSA) is 78.2 Å². The summed E-state index contributed by atoms with van der Waals surface area (Å²) in [6.45, 7) is 1.69. The number of carboxylic acids is 1. The lowest BCUT2D eigenvalue weighted by molar-refractivity contribution is 0.0693. The molecule has 0 saturated carbocycles. The SMILES string of the molecule is Cc1cc(C#N)c(C(=O)O)c(C=O)c1. The predicted molar refractivity (Wildman–Crippen MR) is 48.2 cm³/mol. The molecule has 0 amide bonds. The Morgan fingerprint density at radius 3 is 2.64 bits per heavy atom. The van der Waals surface area contributed by atoms with Crippen molar-refractivity contribution in [3.05, 3.63) is 34.4 Å². The molecule has 0 atom stereocenters. The maximum Gasteiger partial charge on any atom is 0.337 e. The van der Waals surface area contributed by atoms with Crippen LogP contribution >= 0.6 is 0 Å². The molecule has 0 fully saturated rings. The Balaban J connectivity index is 3.58. The molecule has 0 aliphatic heterocycles. The number of nitriles is 1. The Morgan fingerprint density at radius 2 is 2.21 bits per heavy atom. The average molecular weight is 189 g/mol. The molecule has 4 heteroatoms. The van der Waals surface area contributed by atoms with Crippen molar-refractivity contribution in [2.75, 3.05) is 0 Å². The molecular formula is C10H7NO3. The average Bonchev–Trinajstić information content (AvgIpc) is 2.15. The van der Waals surface area contributed by atoms with E-state index in [1.54, 1.807) is 13.0 Å². The van der Waals surface area contributed by atoms with Gasteiger partial charge in [-0.3, -0.25) is 4.79 Å². The van der Waals surface area contributed by atoms with Crippen LogP contribution in [0.25, 0.3) is 0 Å². The number of aromatic carboxylic acids is 1. The zero-order valence-electron chi connectivity index (χ0n) is 7.44. The van der Waals surface area contributed by atoms with Gasteiger partial charge in [0, 0.05) is 5.56 Å². The smallest absolute Gasteiger partial charge is 0.337 e. The van der Waals surface area contributed by atoms with Crippen molar-refractivity contribution in [3.8, 4) is 6.07 Å². The standard InChI is InChI=1S/C10H7NO3/c1-6-2-7(4-11)9(10(13)14)8(3-6)5-12/h2-3,5H,1H3,(H,13,14). The first kappa shape index (κ1) is 9.93. The van der Waals surface area contributed by atoms with E-state index < -0.39 is 5.97 Å². The highest BCUT2D eigenvalue weighted by Gasteiger charge is 2.15. The highest BCUT2D eigenvalue weighted by molar-refractivity contribution is 5.99. The van der Waals surface area contributed by atoms with Crippen LogP contribution in [-0.4, -0.2) is 17.4 Å². The van der Waals surface area contributed by atoms with E-state index in [0.717, 1.165) is 0 Å². The van der Waals surface area contributed by atoms with E-state index >= 15 is 0 Å². The summed E-state index contributed by atoms with van der Waals surface area (Å²) in [6.07, 6.45) is 0.442. The summed E-state index contributed by atoms with van der Waals surface area (Å²) in [5.41, 5.74) is 0.510. The van der Waals surface area contributed by atoms with Gasteiger partial charge in [0.25, 0.3) is 0 Å². The minimum Gasteiger partial charge on any atom is -0.478 e. The van der Waals surface area contributed by atoms with Crippen LogP contribution in [-0.2, 0) is 0 Å². The fourth-order valence-electron chi connectivity index (χ4n) is 1.23. The monoisotopic (exact) mass is 189 g/mol. The Bertz CT molecular complexity index is 443. The molecule has 70 valence electrons. The van der Waals surface area contributed by atoms with Gasteiger partial charge in [0.1, 0.15) is 6.07 Å². The van der Waals surface area contributed by atoms with Gasteiger partial charge in [0.05, 0.1) is 11.1 Å². The number of hydrogen-bond donors (Lipinski definition) is 1. The molecule has 14 heavy (non-hydrogen) atoms. The quantitative estimate of drug-likeness (QED) is 0.713. The molecule has 0 aliphatic rings. The van der Waals surface area contributed by atoms with E-state index in [9.17, 15) is 9.59 Å². The van der Waals surface area contributed by atoms with E-state index in [0.29, 0.717) is 11.8 Å². The third-order valence-electron chi connectivity index (χ3n) is 1.77. The molecule has 0 saturated heterocycles. The number of carbonyl (C=O) groups is 2. The van der Waals surface area contributed by atoms with E-state index in [4.69, 9.17) is 10.4 Å². The number of nitrogens with zero attached hydrogens (tertiary/aromatic N) is 1. The molecule has 0 heterocycles. The Labute approximate surface area is 80.4 Å². The first-order valence-corrected chi connectivity index (χ1v) is 3.83. The fourth-order valence-corrected chi connectivity index (χ4v) is 1.23. The Kier molecular flexibility index (Phi) is 2.63. The first-order chi connectivity index (χ1) is 6.60. The summed E-state index contributed by atoms with van der Waals surface area (Å²) >= 11 is 0. The molecular weight excluding hydrogens is 182 g/mol. The maximum atomic E-state index is 10.8. The number of hydrogen-bond acceptors (Lipinski definition) is 3. The zero-order valence-corrected chi connectivity index (χ0v) is 7.44. The van der Waals surface area contributed by atoms with Crippen molar-refractivity contribution >= 4 is 12.3 Å². The van der Waals surface area contributed by atoms with Gasteiger partial charge in [0.2, 0.25) is 0 Å². The molecule has 1 N–H and O–H groups in total. The van der Waals surface area contributed by atoms with Crippen molar-refractivity contribution < 1.29 is 14.7 Å². The number of aryl methyl sites for hydroxylation is 1. The lowest BCUT2D eigenvalue weighted by Gasteiger charge is -2.03. The van der Waals surface area contributed by atoms with E-state index in [1.807, 2.05) is 0 Å². The molecule has 1 aromatic rings. The Hall–Kier alpha value is -2.15. The van der Waals surface area contributed by atoms with Gasteiger partial charge < -0.3 is 5.11 Å². The number of carboxylic acid groups (broad SMARTS) is 1. The normalized spacial score (nSPS) is 9.14. The lowest BCUT2D eigenvalue weighted by Crippen LogP contribution is -2.05. The van der Waals surface area contributed by atoms with Crippen LogP contribution < -0.4 is 0 Å². The fraction of sp³-hybridized carbons (Fsp3) is 0.100. The Morgan fingerprint density at radius 1 is 1.57 bits per heavy atom. The maximum absolute atomic E-state index is 10.8. The van der Waals surface area contributed by atoms with Crippen LogP contribution in [0.1, 0.15) is 31.8 Å². The van der Waals surface area contributed by atoms with Crippen LogP contribution in [0.2, 0.25) is 0 Å². The minimum atomic E-state index is -1.26. The molecule has 1 aromatic carbocycles. The van der Waals surface area contributed by atoms with E-state index in [1.165, 1.54) is 12.1 Å². The van der Waals surface area contributed by atoms with Crippen molar-refractivity contribution in [2.45, 2.75) is 6.92 Å². The zero-order chi connectivity index (χ0) is 10.7. The van der Waals surface area contributed by atoms with Gasteiger partial charge in [-0.2, -0.15) is 5.26 Å². The molecule has 1 rings (SSSR count). The second-order valence-corrected chi connectivity index (χ2v) is 2.81. The number of carbonyl (C=O) groups excluding carboxylic acids is 1. The van der Waals surface area contributed by atoms with Crippen molar-refractivity contribution in [1.29, 1.82) is 5.26 Å². The second kappa shape index (κ2) is 3.71. The van der Waals surface area contributed by atoms with Crippen LogP contribution in [0.4, 0.5) is 0 Å². The molecule has 4 nitrogen and oxygen atoms in total. The summed E-state index contributed by atoms with van der Waals surface area (Å²) in [4.78, 5) is 21.3. The number of benzene rings is 1. The van der Waals surface area contributed by atoms with Crippen LogP contribution in [0, 0.1) is 18.3 Å². The first-order valence-electron chi connectivity index (χ1n) is 3.83. The summed E-state index contributed by atoms with van der Waals surface area (Å²) in [6, 6.07) is 4.64. The van der Waals surface area contributed by atoms with Crippen molar-refractivity contribution in [2.24, 2.45) is 0 Å². The van der Waals surface area contributed by atoms with Crippen LogP contribution in [0.5, 0.6) is 0 Å².